The Morgan fingerprint density at radius 3 is 2.45 bits per heavy atom. The zero-order chi connectivity index (χ0) is 21.3. The maximum absolute atomic E-state index is 15.3. The van der Waals surface area contributed by atoms with Crippen LogP contribution in [0, 0.1) is 39.9 Å². The highest BCUT2D eigenvalue weighted by Gasteiger charge is 2.32. The molecule has 0 amide bonds. The number of rotatable bonds is 2. The van der Waals surface area contributed by atoms with Gasteiger partial charge >= 0.3 is 0 Å². The van der Waals surface area contributed by atoms with E-state index >= 15 is 4.39 Å². The number of nitrogens with two attached hydrogens (primary N) is 2. The van der Waals surface area contributed by atoms with Crippen molar-refractivity contribution in [1.29, 1.82) is 15.8 Å². The fourth-order valence-electron chi connectivity index (χ4n) is 3.08. The molecule has 1 aliphatic rings. The lowest BCUT2D eigenvalue weighted by Crippen LogP contribution is -2.33. The topological polar surface area (TPSA) is 176 Å². The van der Waals surface area contributed by atoms with Gasteiger partial charge in [0.25, 0.3) is 0 Å². The zero-order valence-corrected chi connectivity index (χ0v) is 15.4. The molecule has 11 heteroatoms. The molecule has 0 bridgehead atoms. The van der Waals surface area contributed by atoms with Crippen LogP contribution in [0.2, 0.25) is 0 Å². The van der Waals surface area contributed by atoms with Crippen molar-refractivity contribution in [2.45, 2.75) is 6.04 Å². The summed E-state index contributed by atoms with van der Waals surface area (Å²) < 4.78 is 15.3. The van der Waals surface area contributed by atoms with Crippen molar-refractivity contribution < 1.29 is 4.39 Å². The van der Waals surface area contributed by atoms with Crippen molar-refractivity contribution in [3.05, 3.63) is 40.2 Å². The summed E-state index contributed by atoms with van der Waals surface area (Å²) in [4.78, 5) is 10.0. The summed E-state index contributed by atoms with van der Waals surface area (Å²) in [7, 11) is 3.37. The lowest BCUT2D eigenvalue weighted by molar-refractivity contribution is 0.595. The Bertz CT molecular complexity index is 1160. The second-order valence-corrected chi connectivity index (χ2v) is 6.27. The molecule has 6 N–H and O–H groups in total. The van der Waals surface area contributed by atoms with Crippen molar-refractivity contribution in [3.63, 3.8) is 0 Å². The number of anilines is 4. The highest BCUT2D eigenvalue weighted by atomic mass is 19.1. The molecule has 2 aromatic rings. The van der Waals surface area contributed by atoms with Gasteiger partial charge in [-0.3, -0.25) is 5.32 Å². The number of hydrogen-bond acceptors (Lipinski definition) is 10. The van der Waals surface area contributed by atoms with E-state index in [9.17, 15) is 10.5 Å². The van der Waals surface area contributed by atoms with Crippen LogP contribution in [0.5, 0.6) is 0 Å². The van der Waals surface area contributed by atoms with Crippen LogP contribution >= 0.6 is 0 Å². The third-order valence-electron chi connectivity index (χ3n) is 4.40. The smallest absolute Gasteiger partial charge is 0.211 e. The lowest BCUT2D eigenvalue weighted by Gasteiger charge is -2.27. The predicted octanol–water partition coefficient (Wildman–Crippen LogP) is 1.14. The minimum atomic E-state index is -1.06. The third-order valence-corrected chi connectivity index (χ3v) is 4.40. The molecule has 29 heavy (non-hydrogen) atoms. The number of benzene rings is 1. The van der Waals surface area contributed by atoms with Crippen LogP contribution in [0.1, 0.15) is 28.3 Å². The molecular weight excluding hydrogens is 375 g/mol. The molecule has 1 unspecified atom stereocenters. The summed E-state index contributed by atoms with van der Waals surface area (Å²) in [6.45, 7) is 0. The molecule has 2 heterocycles. The van der Waals surface area contributed by atoms with Crippen LogP contribution in [0.4, 0.5) is 27.4 Å². The SMILES string of the molecule is CN(C)c1ccc(C2N=C(NC#N)Nc3nc(N)c(C#N)c(N)c32)c(F)c1C#N. The number of aromatic nitrogens is 1. The van der Waals surface area contributed by atoms with Gasteiger partial charge in [0.15, 0.2) is 6.19 Å². The molecule has 10 nitrogen and oxygen atoms in total. The van der Waals surface area contributed by atoms with Crippen LogP contribution in [-0.2, 0) is 0 Å². The minimum Gasteiger partial charge on any atom is -0.397 e. The molecule has 144 valence electrons. The van der Waals surface area contributed by atoms with Gasteiger partial charge in [-0.25, -0.2) is 14.4 Å². The van der Waals surface area contributed by atoms with E-state index in [4.69, 9.17) is 16.7 Å². The van der Waals surface area contributed by atoms with Crippen molar-refractivity contribution in [2.75, 3.05) is 35.8 Å². The first kappa shape index (κ1) is 19.2. The third kappa shape index (κ3) is 3.05. The van der Waals surface area contributed by atoms with E-state index in [1.54, 1.807) is 31.3 Å². The number of hydrogen-bond donors (Lipinski definition) is 4. The average molecular weight is 390 g/mol. The van der Waals surface area contributed by atoms with Crippen LogP contribution in [-0.4, -0.2) is 25.0 Å². The largest absolute Gasteiger partial charge is 0.397 e. The molecule has 1 aromatic carbocycles. The first-order chi connectivity index (χ1) is 13.8. The van der Waals surface area contributed by atoms with Gasteiger partial charge in [-0.2, -0.15) is 15.8 Å². The Morgan fingerprint density at radius 1 is 1.17 bits per heavy atom. The van der Waals surface area contributed by atoms with E-state index in [1.165, 1.54) is 6.07 Å². The van der Waals surface area contributed by atoms with Gasteiger partial charge in [0.2, 0.25) is 5.96 Å². The molecular formula is C18H15FN10. The van der Waals surface area contributed by atoms with Gasteiger partial charge in [-0.1, -0.05) is 6.07 Å². The Morgan fingerprint density at radius 2 is 1.86 bits per heavy atom. The highest BCUT2D eigenvalue weighted by Crippen LogP contribution is 2.42. The van der Waals surface area contributed by atoms with E-state index in [0.29, 0.717) is 5.69 Å². The van der Waals surface area contributed by atoms with Gasteiger partial charge < -0.3 is 21.7 Å². The molecule has 1 atom stereocenters. The van der Waals surface area contributed by atoms with E-state index in [2.05, 4.69) is 20.6 Å². The maximum atomic E-state index is 15.3. The number of nitrogens with one attached hydrogen (secondary N) is 2. The summed E-state index contributed by atoms with van der Waals surface area (Å²) in [5.74, 6) is -0.775. The first-order valence-corrected chi connectivity index (χ1v) is 8.22. The molecule has 0 saturated carbocycles. The van der Waals surface area contributed by atoms with E-state index < -0.39 is 11.9 Å². The highest BCUT2D eigenvalue weighted by molar-refractivity contribution is 5.98. The number of nitrogens with zero attached hydrogens (tertiary/aromatic N) is 6. The molecule has 3 rings (SSSR count). The van der Waals surface area contributed by atoms with Gasteiger partial charge in [0.05, 0.1) is 11.4 Å². The summed E-state index contributed by atoms with van der Waals surface area (Å²) in [5, 5.41) is 32.8. The molecule has 0 fully saturated rings. The number of nitriles is 3. The van der Waals surface area contributed by atoms with Crippen LogP contribution < -0.4 is 27.0 Å². The second-order valence-electron chi connectivity index (χ2n) is 6.27. The van der Waals surface area contributed by atoms with Crippen molar-refractivity contribution in [1.82, 2.24) is 10.3 Å². The number of pyridine rings is 1. The Kier molecular flexibility index (Phi) is 4.78. The monoisotopic (exact) mass is 390 g/mol. The van der Waals surface area contributed by atoms with Crippen molar-refractivity contribution in [3.8, 4) is 18.3 Å². The predicted molar refractivity (Wildman–Crippen MR) is 105 cm³/mol. The molecule has 0 saturated heterocycles. The Balaban J connectivity index is 2.32. The summed E-state index contributed by atoms with van der Waals surface area (Å²) >= 11 is 0. The van der Waals surface area contributed by atoms with Crippen LogP contribution in [0.15, 0.2) is 17.1 Å². The summed E-state index contributed by atoms with van der Waals surface area (Å²) in [6, 6.07) is 5.73. The molecule has 1 aromatic heterocycles. The quantitative estimate of drug-likeness (QED) is 0.432. The Hall–Kier alpha value is -4.56. The number of aliphatic imine (C=N–C) groups is 1. The number of halogens is 1. The lowest BCUT2D eigenvalue weighted by atomic mass is 9.93. The minimum absolute atomic E-state index is 0.00407. The van der Waals surface area contributed by atoms with Crippen molar-refractivity contribution >= 4 is 29.0 Å². The summed E-state index contributed by atoms with van der Waals surface area (Å²) in [5.41, 5.74) is 12.3. The van der Waals surface area contributed by atoms with Gasteiger partial charge in [0.1, 0.15) is 46.8 Å². The van der Waals surface area contributed by atoms with Gasteiger partial charge in [0, 0.05) is 25.2 Å². The Labute approximate surface area is 165 Å². The molecule has 0 aliphatic carbocycles. The van der Waals surface area contributed by atoms with E-state index in [0.717, 1.165) is 0 Å². The molecule has 0 spiro atoms. The van der Waals surface area contributed by atoms with E-state index in [-0.39, 0.29) is 45.5 Å². The molecule has 0 radical (unpaired) electrons. The fraction of sp³-hybridized carbons (Fsp3) is 0.167. The normalized spacial score (nSPS) is 14.3. The standard InChI is InChI=1S/C18H15FN10/c1-29(2)11-4-3-8(13(19)9(11)5-20)15-12-14(23)10(6-21)16(24)27-17(12)28-18(26-15)25-7-22/h3-4,15H,1-2H3,(H6,23,24,25,26,27,28). The average Bonchev–Trinajstić information content (AvgIpc) is 2.67. The second kappa shape index (κ2) is 7.22. The van der Waals surface area contributed by atoms with Crippen LogP contribution in [0.3, 0.4) is 0 Å². The number of fused-ring (bicyclic) bond motifs is 1. The summed E-state index contributed by atoms with van der Waals surface area (Å²) in [6.07, 6.45) is 1.71. The molecule has 1 aliphatic heterocycles. The fourth-order valence-corrected chi connectivity index (χ4v) is 3.08. The van der Waals surface area contributed by atoms with Gasteiger partial charge in [-0.15, -0.1) is 0 Å². The van der Waals surface area contributed by atoms with Crippen LogP contribution in [0.25, 0.3) is 0 Å². The van der Waals surface area contributed by atoms with Crippen molar-refractivity contribution in [2.24, 2.45) is 4.99 Å². The zero-order valence-electron chi connectivity index (χ0n) is 15.4. The number of guanidine groups is 1. The first-order valence-electron chi connectivity index (χ1n) is 8.22. The number of nitrogen functional groups attached to an aromatic ring is 2. The maximum Gasteiger partial charge on any atom is 0.211 e. The van der Waals surface area contributed by atoms with Gasteiger partial charge in [-0.05, 0) is 6.07 Å². The van der Waals surface area contributed by atoms with E-state index in [1.807, 2.05) is 12.1 Å².